The van der Waals surface area contributed by atoms with Crippen LogP contribution in [0.2, 0.25) is 0 Å². The third kappa shape index (κ3) is 28.3. The van der Waals surface area contributed by atoms with Crippen LogP contribution in [0.5, 0.6) is 0 Å². The monoisotopic (exact) mass is 319 g/mol. The van der Waals surface area contributed by atoms with Crippen molar-refractivity contribution >= 4 is 10.1 Å². The summed E-state index contributed by atoms with van der Waals surface area (Å²) in [7, 11) is -3.73. The summed E-state index contributed by atoms with van der Waals surface area (Å²) in [4.78, 5) is 0. The average molecular weight is 320 g/mol. The molecule has 0 atom stereocenters. The quantitative estimate of drug-likeness (QED) is 0.306. The van der Waals surface area contributed by atoms with E-state index in [1.54, 1.807) is 0 Å². The molecule has 0 aromatic heterocycles. The molecule has 0 fully saturated rings. The first-order chi connectivity index (χ1) is 9.97. The fourth-order valence-corrected chi connectivity index (χ4v) is 2.27. The van der Waals surface area contributed by atoms with Gasteiger partial charge in [0.2, 0.25) is 0 Å². The summed E-state index contributed by atoms with van der Waals surface area (Å²) < 4.78 is 29.2. The van der Waals surface area contributed by atoms with Gasteiger partial charge in [-0.3, -0.25) is 4.55 Å². The molecule has 0 saturated carbocycles. The van der Waals surface area contributed by atoms with Crippen LogP contribution in [0, 0.1) is 0 Å². The molecule has 0 unspecified atom stereocenters. The Morgan fingerprint density at radius 2 is 1.33 bits per heavy atom. The van der Waals surface area contributed by atoms with E-state index in [-0.39, 0.29) is 5.75 Å². The second-order valence-corrected chi connectivity index (χ2v) is 6.57. The maximum Gasteiger partial charge on any atom is 0.264 e. The van der Waals surface area contributed by atoms with Crippen LogP contribution in [-0.4, -0.2) is 31.8 Å². The van der Waals surface area contributed by atoms with Crippen LogP contribution in [-0.2, 0) is 10.1 Å². The molecule has 0 saturated heterocycles. The van der Waals surface area contributed by atoms with E-state index in [9.17, 15) is 8.42 Å². The Labute approximate surface area is 131 Å². The predicted octanol–water partition coefficient (Wildman–Crippen LogP) is 3.96. The lowest BCUT2D eigenvalue weighted by atomic mass is 10.1. The van der Waals surface area contributed by atoms with E-state index < -0.39 is 10.1 Å². The maximum atomic E-state index is 10.4. The third-order valence-electron chi connectivity index (χ3n) is 2.83. The highest BCUT2D eigenvalue weighted by Gasteiger charge is 2.02. The Morgan fingerprint density at radius 3 is 1.71 bits per heavy atom. The Morgan fingerprint density at radius 1 is 0.905 bits per heavy atom. The molecule has 0 spiro atoms. The number of nitrogens with one attached hydrogen (secondary N) is 1. The standard InChI is InChI=1S/C10H22O3S.C6H11N/c1-2-3-4-5-6-7-8-9-10-14(11,12)13;1-3-5-7-6-4-2/h2-10H2,1H3,(H,11,12,13);3-4,7H,1-2,5-6H2. The van der Waals surface area contributed by atoms with Gasteiger partial charge < -0.3 is 5.32 Å². The first-order valence-electron chi connectivity index (χ1n) is 7.85. The van der Waals surface area contributed by atoms with Crippen LogP contribution in [0.15, 0.2) is 25.3 Å². The highest BCUT2D eigenvalue weighted by molar-refractivity contribution is 7.85. The van der Waals surface area contributed by atoms with Gasteiger partial charge in [0.05, 0.1) is 5.75 Å². The molecule has 0 aromatic rings. The molecule has 5 heteroatoms. The zero-order valence-electron chi connectivity index (χ0n) is 13.5. The van der Waals surface area contributed by atoms with Crippen LogP contribution in [0.25, 0.3) is 0 Å². The SMILES string of the molecule is C=CCNCC=C.CCCCCCCCCCS(=O)(=O)O. The van der Waals surface area contributed by atoms with Gasteiger partial charge in [0.15, 0.2) is 0 Å². The summed E-state index contributed by atoms with van der Waals surface area (Å²) in [5.41, 5.74) is 0. The number of hydrogen-bond donors (Lipinski definition) is 2. The molecular weight excluding hydrogens is 286 g/mol. The smallest absolute Gasteiger partial charge is 0.264 e. The summed E-state index contributed by atoms with van der Waals surface area (Å²) in [5, 5.41) is 3.05. The molecule has 0 radical (unpaired) electrons. The molecular formula is C16H33NO3S. The van der Waals surface area contributed by atoms with Crippen molar-refractivity contribution in [3.63, 3.8) is 0 Å². The van der Waals surface area contributed by atoms with Crippen LogP contribution in [0.4, 0.5) is 0 Å². The fourth-order valence-electron chi connectivity index (χ4n) is 1.71. The number of hydrogen-bond acceptors (Lipinski definition) is 3. The normalized spacial score (nSPS) is 10.6. The maximum absolute atomic E-state index is 10.4. The highest BCUT2D eigenvalue weighted by Crippen LogP contribution is 2.08. The molecule has 0 aliphatic carbocycles. The van der Waals surface area contributed by atoms with Crippen molar-refractivity contribution in [2.24, 2.45) is 0 Å². The fraction of sp³-hybridized carbons (Fsp3) is 0.750. The molecule has 0 heterocycles. The average Bonchev–Trinajstić information content (AvgIpc) is 2.42. The topological polar surface area (TPSA) is 66.4 Å². The van der Waals surface area contributed by atoms with Crippen molar-refractivity contribution in [2.75, 3.05) is 18.8 Å². The van der Waals surface area contributed by atoms with E-state index in [0.717, 1.165) is 25.9 Å². The summed E-state index contributed by atoms with van der Waals surface area (Å²) >= 11 is 0. The number of unbranched alkanes of at least 4 members (excludes halogenated alkanes) is 7. The summed E-state index contributed by atoms with van der Waals surface area (Å²) in [6, 6.07) is 0. The molecule has 4 nitrogen and oxygen atoms in total. The van der Waals surface area contributed by atoms with E-state index in [2.05, 4.69) is 25.4 Å². The van der Waals surface area contributed by atoms with Crippen molar-refractivity contribution in [3.8, 4) is 0 Å². The Kier molecular flexibility index (Phi) is 18.8. The highest BCUT2D eigenvalue weighted by atomic mass is 32.2. The summed E-state index contributed by atoms with van der Waals surface area (Å²) in [6.07, 6.45) is 12.5. The van der Waals surface area contributed by atoms with E-state index in [1.807, 2.05) is 12.2 Å². The van der Waals surface area contributed by atoms with E-state index >= 15 is 0 Å². The van der Waals surface area contributed by atoms with Crippen molar-refractivity contribution in [1.82, 2.24) is 5.32 Å². The van der Waals surface area contributed by atoms with Gasteiger partial charge in [0, 0.05) is 13.1 Å². The minimum Gasteiger partial charge on any atom is -0.310 e. The van der Waals surface area contributed by atoms with Gasteiger partial charge in [-0.1, -0.05) is 64.0 Å². The van der Waals surface area contributed by atoms with E-state index in [1.165, 1.54) is 32.1 Å². The first-order valence-corrected chi connectivity index (χ1v) is 9.46. The lowest BCUT2D eigenvalue weighted by molar-refractivity contribution is 0.478. The molecule has 2 N–H and O–H groups in total. The molecule has 0 aromatic carbocycles. The molecule has 126 valence electrons. The Hall–Kier alpha value is -0.650. The summed E-state index contributed by atoms with van der Waals surface area (Å²) in [6.45, 7) is 11.0. The minimum absolute atomic E-state index is 0.0814. The second-order valence-electron chi connectivity index (χ2n) is 5.00. The van der Waals surface area contributed by atoms with Crippen LogP contribution in [0.1, 0.15) is 58.3 Å². The van der Waals surface area contributed by atoms with Gasteiger partial charge in [-0.2, -0.15) is 8.42 Å². The molecule has 0 amide bonds. The zero-order chi connectivity index (χ0) is 16.4. The summed E-state index contributed by atoms with van der Waals surface area (Å²) in [5.74, 6) is -0.0814. The van der Waals surface area contributed by atoms with Gasteiger partial charge in [-0.25, -0.2) is 0 Å². The lowest BCUT2D eigenvalue weighted by Gasteiger charge is -2.00. The number of rotatable bonds is 13. The lowest BCUT2D eigenvalue weighted by Crippen LogP contribution is -2.11. The predicted molar refractivity (Wildman–Crippen MR) is 92.3 cm³/mol. The first kappa shape index (κ1) is 22.6. The van der Waals surface area contributed by atoms with E-state index in [0.29, 0.717) is 6.42 Å². The Bertz CT molecular complexity index is 318. The van der Waals surface area contributed by atoms with Crippen molar-refractivity contribution in [1.29, 1.82) is 0 Å². The zero-order valence-corrected chi connectivity index (χ0v) is 14.3. The van der Waals surface area contributed by atoms with Gasteiger partial charge in [-0.15, -0.1) is 13.2 Å². The Balaban J connectivity index is 0. The van der Waals surface area contributed by atoms with Crippen LogP contribution in [0.3, 0.4) is 0 Å². The van der Waals surface area contributed by atoms with Crippen molar-refractivity contribution in [3.05, 3.63) is 25.3 Å². The molecule has 0 bridgehead atoms. The van der Waals surface area contributed by atoms with Gasteiger partial charge in [-0.05, 0) is 6.42 Å². The van der Waals surface area contributed by atoms with Crippen LogP contribution >= 0.6 is 0 Å². The van der Waals surface area contributed by atoms with Gasteiger partial charge in [0.25, 0.3) is 10.1 Å². The molecule has 21 heavy (non-hydrogen) atoms. The minimum atomic E-state index is -3.73. The second kappa shape index (κ2) is 17.4. The van der Waals surface area contributed by atoms with Crippen molar-refractivity contribution in [2.45, 2.75) is 58.3 Å². The molecule has 0 rings (SSSR count). The van der Waals surface area contributed by atoms with E-state index in [4.69, 9.17) is 4.55 Å². The largest absolute Gasteiger partial charge is 0.310 e. The third-order valence-corrected chi connectivity index (χ3v) is 3.64. The van der Waals surface area contributed by atoms with Gasteiger partial charge in [0.1, 0.15) is 0 Å². The van der Waals surface area contributed by atoms with Gasteiger partial charge >= 0.3 is 0 Å². The molecule has 0 aliphatic heterocycles. The van der Waals surface area contributed by atoms with Crippen molar-refractivity contribution < 1.29 is 13.0 Å². The molecule has 0 aliphatic rings. The van der Waals surface area contributed by atoms with Crippen LogP contribution < -0.4 is 5.32 Å².